The Morgan fingerprint density at radius 2 is 2.20 bits per heavy atom. The largest absolute Gasteiger partial charge is 0.409 e. The van der Waals surface area contributed by atoms with Crippen molar-refractivity contribution in [1.29, 1.82) is 0 Å². The lowest BCUT2D eigenvalue weighted by Crippen LogP contribution is -2.32. The highest BCUT2D eigenvalue weighted by atomic mass is 19.1. The van der Waals surface area contributed by atoms with Gasteiger partial charge in [-0.25, -0.2) is 4.39 Å². The Morgan fingerprint density at radius 3 is 2.80 bits per heavy atom. The molecule has 0 saturated heterocycles. The second kappa shape index (κ2) is 7.24. The van der Waals surface area contributed by atoms with Crippen molar-refractivity contribution >= 4 is 5.84 Å². The van der Waals surface area contributed by atoms with Crippen molar-refractivity contribution in [3.63, 3.8) is 0 Å². The summed E-state index contributed by atoms with van der Waals surface area (Å²) >= 11 is 0. The lowest BCUT2D eigenvalue weighted by Gasteiger charge is -2.23. The molecule has 4 nitrogen and oxygen atoms in total. The first kappa shape index (κ1) is 16.4. The monoisotopic (exact) mass is 281 g/mol. The SMILES string of the molecule is C[C@H](NCCCC(C)(C)/C(N)=N/O)c1cccc(F)c1. The van der Waals surface area contributed by atoms with E-state index in [1.54, 1.807) is 6.07 Å². The topological polar surface area (TPSA) is 70.6 Å². The third-order valence-electron chi connectivity index (χ3n) is 3.58. The van der Waals surface area contributed by atoms with Crippen molar-refractivity contribution in [3.05, 3.63) is 35.6 Å². The van der Waals surface area contributed by atoms with Crippen molar-refractivity contribution < 1.29 is 9.60 Å². The van der Waals surface area contributed by atoms with E-state index < -0.39 is 0 Å². The summed E-state index contributed by atoms with van der Waals surface area (Å²) in [4.78, 5) is 0. The van der Waals surface area contributed by atoms with E-state index in [1.165, 1.54) is 12.1 Å². The number of amidine groups is 1. The first-order chi connectivity index (χ1) is 9.36. The molecule has 4 N–H and O–H groups in total. The number of halogens is 1. The second-order valence-corrected chi connectivity index (χ2v) is 5.70. The summed E-state index contributed by atoms with van der Waals surface area (Å²) in [6.45, 7) is 6.68. The summed E-state index contributed by atoms with van der Waals surface area (Å²) in [5.74, 6) is 0.0277. The molecular weight excluding hydrogens is 257 g/mol. The smallest absolute Gasteiger partial charge is 0.144 e. The fraction of sp³-hybridized carbons (Fsp3) is 0.533. The molecule has 1 rings (SSSR count). The fourth-order valence-corrected chi connectivity index (χ4v) is 2.01. The van der Waals surface area contributed by atoms with Crippen LogP contribution in [0.5, 0.6) is 0 Å². The molecule has 5 heteroatoms. The maximum Gasteiger partial charge on any atom is 0.144 e. The Kier molecular flexibility index (Phi) is 5.95. The zero-order valence-corrected chi connectivity index (χ0v) is 12.4. The van der Waals surface area contributed by atoms with Gasteiger partial charge in [0, 0.05) is 11.5 Å². The number of benzene rings is 1. The van der Waals surface area contributed by atoms with Crippen LogP contribution in [0.15, 0.2) is 29.4 Å². The number of nitrogens with zero attached hydrogens (tertiary/aromatic N) is 1. The maximum atomic E-state index is 13.1. The molecule has 0 saturated carbocycles. The van der Waals surface area contributed by atoms with E-state index in [-0.39, 0.29) is 23.1 Å². The third kappa shape index (κ3) is 4.81. The van der Waals surface area contributed by atoms with E-state index in [0.29, 0.717) is 0 Å². The van der Waals surface area contributed by atoms with Crippen LogP contribution < -0.4 is 11.1 Å². The van der Waals surface area contributed by atoms with Gasteiger partial charge in [0.15, 0.2) is 0 Å². The molecule has 0 bridgehead atoms. The van der Waals surface area contributed by atoms with Crippen LogP contribution in [0.4, 0.5) is 4.39 Å². The van der Waals surface area contributed by atoms with Crippen molar-refractivity contribution in [2.24, 2.45) is 16.3 Å². The van der Waals surface area contributed by atoms with Gasteiger partial charge in [0.2, 0.25) is 0 Å². The van der Waals surface area contributed by atoms with E-state index in [9.17, 15) is 4.39 Å². The summed E-state index contributed by atoms with van der Waals surface area (Å²) in [6.07, 6.45) is 1.70. The lowest BCUT2D eigenvalue weighted by atomic mass is 9.86. The average molecular weight is 281 g/mol. The number of hydrogen-bond donors (Lipinski definition) is 3. The molecule has 1 atom stereocenters. The summed E-state index contributed by atoms with van der Waals surface area (Å²) in [7, 11) is 0. The van der Waals surface area contributed by atoms with Crippen molar-refractivity contribution in [3.8, 4) is 0 Å². The molecule has 0 aromatic heterocycles. The molecule has 0 unspecified atom stereocenters. The van der Waals surface area contributed by atoms with E-state index in [2.05, 4.69) is 10.5 Å². The standard InChI is InChI=1S/C15H24FN3O/c1-11(12-6-4-7-13(16)10-12)18-9-5-8-15(2,3)14(17)19-20/h4,6-7,10-11,18,20H,5,8-9H2,1-3H3,(H2,17,19)/t11-/m0/s1. The molecule has 0 aliphatic heterocycles. The molecule has 1 aromatic rings. The van der Waals surface area contributed by atoms with Gasteiger partial charge in [-0.3, -0.25) is 0 Å². The molecule has 0 heterocycles. The summed E-state index contributed by atoms with van der Waals surface area (Å²) < 4.78 is 13.1. The second-order valence-electron chi connectivity index (χ2n) is 5.70. The number of oxime groups is 1. The zero-order valence-electron chi connectivity index (χ0n) is 12.4. The number of nitrogens with one attached hydrogen (secondary N) is 1. The van der Waals surface area contributed by atoms with Crippen LogP contribution in [0.2, 0.25) is 0 Å². The van der Waals surface area contributed by atoms with Gasteiger partial charge in [-0.1, -0.05) is 31.1 Å². The Balaban J connectivity index is 2.38. The zero-order chi connectivity index (χ0) is 15.2. The van der Waals surface area contributed by atoms with Gasteiger partial charge in [0.25, 0.3) is 0 Å². The minimum absolute atomic E-state index is 0.0951. The highest BCUT2D eigenvalue weighted by molar-refractivity contribution is 5.85. The molecule has 0 aliphatic carbocycles. The van der Waals surface area contributed by atoms with Gasteiger partial charge >= 0.3 is 0 Å². The van der Waals surface area contributed by atoms with Gasteiger partial charge in [0.1, 0.15) is 11.7 Å². The van der Waals surface area contributed by atoms with Crippen LogP contribution >= 0.6 is 0 Å². The van der Waals surface area contributed by atoms with Gasteiger partial charge in [-0.15, -0.1) is 0 Å². The number of nitrogens with two attached hydrogens (primary N) is 1. The van der Waals surface area contributed by atoms with Crippen molar-refractivity contribution in [2.75, 3.05) is 6.54 Å². The summed E-state index contributed by atoms with van der Waals surface area (Å²) in [5.41, 5.74) is 6.25. The molecule has 1 aromatic carbocycles. The van der Waals surface area contributed by atoms with Crippen molar-refractivity contribution in [2.45, 2.75) is 39.7 Å². The minimum atomic E-state index is -0.321. The Morgan fingerprint density at radius 1 is 1.50 bits per heavy atom. The summed E-state index contributed by atoms with van der Waals surface area (Å²) in [5, 5.41) is 15.1. The summed E-state index contributed by atoms with van der Waals surface area (Å²) in [6, 6.07) is 6.69. The Hall–Kier alpha value is -1.62. The molecule has 20 heavy (non-hydrogen) atoms. The molecule has 112 valence electrons. The first-order valence-electron chi connectivity index (χ1n) is 6.83. The van der Waals surface area contributed by atoms with Gasteiger partial charge in [0.05, 0.1) is 0 Å². The fourth-order valence-electron chi connectivity index (χ4n) is 2.01. The Bertz CT molecular complexity index is 460. The van der Waals surface area contributed by atoms with Crippen molar-refractivity contribution in [1.82, 2.24) is 5.32 Å². The highest BCUT2D eigenvalue weighted by Gasteiger charge is 2.22. The third-order valence-corrected chi connectivity index (χ3v) is 3.58. The first-order valence-corrected chi connectivity index (χ1v) is 6.83. The Labute approximate surface area is 119 Å². The molecular formula is C15H24FN3O. The van der Waals surface area contributed by atoms with E-state index in [0.717, 1.165) is 24.9 Å². The van der Waals surface area contributed by atoms with Crippen LogP contribution in [0.1, 0.15) is 45.2 Å². The van der Waals surface area contributed by atoms with E-state index >= 15 is 0 Å². The van der Waals surface area contributed by atoms with Crippen LogP contribution in [0, 0.1) is 11.2 Å². The molecule has 0 fully saturated rings. The van der Waals surface area contributed by atoms with E-state index in [4.69, 9.17) is 10.9 Å². The average Bonchev–Trinajstić information content (AvgIpc) is 2.42. The highest BCUT2D eigenvalue weighted by Crippen LogP contribution is 2.22. The van der Waals surface area contributed by atoms with Gasteiger partial charge in [-0.05, 0) is 44.0 Å². The maximum absolute atomic E-state index is 13.1. The van der Waals surface area contributed by atoms with Crippen LogP contribution in [-0.4, -0.2) is 17.6 Å². The molecule has 0 amide bonds. The van der Waals surface area contributed by atoms with Crippen LogP contribution in [0.3, 0.4) is 0 Å². The predicted molar refractivity (Wildman–Crippen MR) is 79.2 cm³/mol. The van der Waals surface area contributed by atoms with Crippen LogP contribution in [-0.2, 0) is 0 Å². The number of hydrogen-bond acceptors (Lipinski definition) is 3. The van der Waals surface area contributed by atoms with Gasteiger partial charge in [-0.2, -0.15) is 0 Å². The predicted octanol–water partition coefficient (Wildman–Crippen LogP) is 3.03. The molecule has 0 spiro atoms. The van der Waals surface area contributed by atoms with Gasteiger partial charge < -0.3 is 16.3 Å². The molecule has 0 radical (unpaired) electrons. The minimum Gasteiger partial charge on any atom is -0.409 e. The van der Waals surface area contributed by atoms with E-state index in [1.807, 2.05) is 26.8 Å². The van der Waals surface area contributed by atoms with Crippen LogP contribution in [0.25, 0.3) is 0 Å². The quantitative estimate of drug-likeness (QED) is 0.236. The lowest BCUT2D eigenvalue weighted by molar-refractivity contribution is 0.304. The molecule has 0 aliphatic rings. The normalized spacial score (nSPS) is 14.3. The number of rotatable bonds is 7.